The minimum atomic E-state index is -3.93. The second-order valence-corrected chi connectivity index (χ2v) is 4.10. The van der Waals surface area contributed by atoms with Crippen molar-refractivity contribution in [1.29, 1.82) is 0 Å². The van der Waals surface area contributed by atoms with Crippen molar-refractivity contribution in [2.24, 2.45) is 0 Å². The van der Waals surface area contributed by atoms with Crippen molar-refractivity contribution in [3.8, 4) is 0 Å². The van der Waals surface area contributed by atoms with Gasteiger partial charge in [0, 0.05) is 6.54 Å². The van der Waals surface area contributed by atoms with Crippen LogP contribution in [0.15, 0.2) is 6.33 Å². The summed E-state index contributed by atoms with van der Waals surface area (Å²) in [6.45, 7) is 0.105. The highest BCUT2D eigenvalue weighted by molar-refractivity contribution is 7.85. The van der Waals surface area contributed by atoms with Crippen LogP contribution in [0.3, 0.4) is 0 Å². The molecule has 0 aliphatic rings. The van der Waals surface area contributed by atoms with Crippen LogP contribution in [-0.4, -0.2) is 33.5 Å². The second kappa shape index (κ2) is 3.33. The summed E-state index contributed by atoms with van der Waals surface area (Å²) < 4.78 is 30.8. The fourth-order valence-electron chi connectivity index (χ4n) is 0.643. The van der Waals surface area contributed by atoms with Gasteiger partial charge in [0.05, 0.1) is 5.75 Å². The van der Waals surface area contributed by atoms with E-state index in [0.717, 1.165) is 0 Å². The molecule has 1 aromatic rings. The van der Waals surface area contributed by atoms with Gasteiger partial charge in [-0.1, -0.05) is 0 Å². The van der Waals surface area contributed by atoms with Crippen LogP contribution in [0.5, 0.6) is 0 Å². The third-order valence-electron chi connectivity index (χ3n) is 1.21. The van der Waals surface area contributed by atoms with Gasteiger partial charge in [0.25, 0.3) is 10.1 Å². The van der Waals surface area contributed by atoms with E-state index in [1.807, 2.05) is 0 Å². The van der Waals surface area contributed by atoms with E-state index in [1.165, 1.54) is 10.9 Å². The Morgan fingerprint density at radius 2 is 2.42 bits per heavy atom. The fourth-order valence-corrected chi connectivity index (χ4v) is 1.26. The van der Waals surface area contributed by atoms with E-state index in [2.05, 4.69) is 10.2 Å². The van der Waals surface area contributed by atoms with E-state index >= 15 is 0 Å². The van der Waals surface area contributed by atoms with Crippen LogP contribution in [0.2, 0.25) is 0 Å². The summed E-state index contributed by atoms with van der Waals surface area (Å²) in [5.74, 6) is -0.360. The molecule has 1 aromatic heterocycles. The molecule has 0 saturated carbocycles. The van der Waals surface area contributed by atoms with E-state index in [-0.39, 0.29) is 12.3 Å². The number of hydrogen-bond acceptors (Lipinski definition) is 4. The number of nitrogens with one attached hydrogen (secondary N) is 1. The third-order valence-corrected chi connectivity index (χ3v) is 2.23. The Hall–Kier alpha value is -0.730. The number of hydrogen-bond donors (Lipinski definition) is 2. The lowest BCUT2D eigenvalue weighted by atomic mass is 10.7. The highest BCUT2D eigenvalue weighted by atomic mass is 32.2. The minimum absolute atomic E-state index is 0.105. The molecule has 2 N–H and O–H groups in total. The van der Waals surface area contributed by atoms with Crippen LogP contribution >= 0.6 is 12.2 Å². The number of H-pyrrole nitrogens is 1. The zero-order valence-corrected chi connectivity index (χ0v) is 7.60. The van der Waals surface area contributed by atoms with Crippen molar-refractivity contribution < 1.29 is 13.0 Å². The van der Waals surface area contributed by atoms with Gasteiger partial charge in [0.2, 0.25) is 0 Å². The smallest absolute Gasteiger partial charge is 0.266 e. The Morgan fingerprint density at radius 3 is 2.83 bits per heavy atom. The molecule has 0 unspecified atom stereocenters. The molecule has 0 spiro atoms. The van der Waals surface area contributed by atoms with Gasteiger partial charge in [-0.25, -0.2) is 0 Å². The van der Waals surface area contributed by atoms with Gasteiger partial charge >= 0.3 is 0 Å². The van der Waals surface area contributed by atoms with Crippen molar-refractivity contribution in [2.75, 3.05) is 5.75 Å². The van der Waals surface area contributed by atoms with Crippen LogP contribution < -0.4 is 0 Å². The van der Waals surface area contributed by atoms with Gasteiger partial charge in [0.15, 0.2) is 4.77 Å². The molecule has 8 heteroatoms. The highest BCUT2D eigenvalue weighted by Gasteiger charge is 2.04. The summed E-state index contributed by atoms with van der Waals surface area (Å²) in [5, 5.41) is 6.04. The first kappa shape index (κ1) is 9.36. The van der Waals surface area contributed by atoms with E-state index in [4.69, 9.17) is 16.8 Å². The Balaban J connectivity index is 2.67. The first-order chi connectivity index (χ1) is 5.49. The van der Waals surface area contributed by atoms with Crippen molar-refractivity contribution in [3.05, 3.63) is 11.1 Å². The minimum Gasteiger partial charge on any atom is -0.306 e. The first-order valence-electron chi connectivity index (χ1n) is 3.04. The molecular weight excluding hydrogens is 202 g/mol. The highest BCUT2D eigenvalue weighted by Crippen LogP contribution is 1.90. The summed E-state index contributed by atoms with van der Waals surface area (Å²) in [4.78, 5) is 0. The maximum Gasteiger partial charge on any atom is 0.266 e. The molecule has 12 heavy (non-hydrogen) atoms. The molecule has 0 saturated heterocycles. The lowest BCUT2D eigenvalue weighted by Crippen LogP contribution is -2.11. The third kappa shape index (κ3) is 2.72. The van der Waals surface area contributed by atoms with Crippen LogP contribution in [0.1, 0.15) is 0 Å². The van der Waals surface area contributed by atoms with Crippen LogP contribution in [0, 0.1) is 4.77 Å². The molecule has 0 atom stereocenters. The van der Waals surface area contributed by atoms with Crippen molar-refractivity contribution in [2.45, 2.75) is 6.54 Å². The number of nitrogens with zero attached hydrogens (tertiary/aromatic N) is 2. The summed E-state index contributed by atoms with van der Waals surface area (Å²) >= 11 is 4.74. The number of aromatic nitrogens is 3. The fraction of sp³-hybridized carbons (Fsp3) is 0.500. The quantitative estimate of drug-likeness (QED) is 0.533. The molecule has 0 radical (unpaired) electrons. The Labute approximate surface area is 74.0 Å². The topological polar surface area (TPSA) is 88.0 Å². The normalized spacial score (nSPS) is 11.8. The zero-order valence-electron chi connectivity index (χ0n) is 5.97. The van der Waals surface area contributed by atoms with Crippen molar-refractivity contribution in [3.63, 3.8) is 0 Å². The SMILES string of the molecule is O=S(=O)(O)CCn1cn[nH]c1=S. The lowest BCUT2D eigenvalue weighted by molar-refractivity contribution is 0.478. The maximum absolute atomic E-state index is 10.3. The van der Waals surface area contributed by atoms with Gasteiger partial charge in [-0.15, -0.1) is 0 Å². The number of aryl methyl sites for hydroxylation is 1. The summed E-state index contributed by atoms with van der Waals surface area (Å²) in [6, 6.07) is 0. The summed E-state index contributed by atoms with van der Waals surface area (Å²) in [5.41, 5.74) is 0. The lowest BCUT2D eigenvalue weighted by Gasteiger charge is -1.97. The standard InChI is InChI=1S/C4H7N3O3S2/c8-12(9,10)2-1-7-3-5-6-4(7)11/h3H,1-2H2,(H,6,11)(H,8,9,10). The molecule has 0 fully saturated rings. The van der Waals surface area contributed by atoms with E-state index < -0.39 is 10.1 Å². The Bertz CT molecular complexity index is 403. The molecule has 0 aliphatic heterocycles. The van der Waals surface area contributed by atoms with Crippen LogP contribution in [-0.2, 0) is 16.7 Å². The van der Waals surface area contributed by atoms with E-state index in [9.17, 15) is 8.42 Å². The predicted molar refractivity (Wildman–Crippen MR) is 43.8 cm³/mol. The molecule has 0 amide bonds. The Morgan fingerprint density at radius 1 is 1.75 bits per heavy atom. The number of rotatable bonds is 3. The van der Waals surface area contributed by atoms with Gasteiger partial charge in [-0.3, -0.25) is 9.65 Å². The largest absolute Gasteiger partial charge is 0.306 e. The first-order valence-corrected chi connectivity index (χ1v) is 5.06. The average molecular weight is 209 g/mol. The van der Waals surface area contributed by atoms with Crippen molar-refractivity contribution >= 4 is 22.3 Å². The zero-order chi connectivity index (χ0) is 9.19. The van der Waals surface area contributed by atoms with E-state index in [1.54, 1.807) is 0 Å². The molecule has 68 valence electrons. The predicted octanol–water partition coefficient (Wildman–Crippen LogP) is -0.172. The molecule has 1 rings (SSSR count). The van der Waals surface area contributed by atoms with Gasteiger partial charge in [-0.05, 0) is 12.2 Å². The molecule has 0 aromatic carbocycles. The van der Waals surface area contributed by atoms with Gasteiger partial charge in [0.1, 0.15) is 6.33 Å². The maximum atomic E-state index is 10.3. The summed E-state index contributed by atoms with van der Waals surface area (Å²) in [7, 11) is -3.93. The molecule has 0 bridgehead atoms. The molecule has 6 nitrogen and oxygen atoms in total. The van der Waals surface area contributed by atoms with Crippen LogP contribution in [0.25, 0.3) is 0 Å². The van der Waals surface area contributed by atoms with Gasteiger partial charge < -0.3 is 4.57 Å². The second-order valence-electron chi connectivity index (χ2n) is 2.14. The average Bonchev–Trinajstić information content (AvgIpc) is 2.29. The number of aromatic amines is 1. The summed E-state index contributed by atoms with van der Waals surface area (Å²) in [6.07, 6.45) is 1.37. The molecule has 1 heterocycles. The van der Waals surface area contributed by atoms with E-state index in [0.29, 0.717) is 4.77 Å². The van der Waals surface area contributed by atoms with Gasteiger partial charge in [-0.2, -0.15) is 13.5 Å². The Kier molecular flexibility index (Phi) is 2.60. The van der Waals surface area contributed by atoms with Crippen molar-refractivity contribution in [1.82, 2.24) is 14.8 Å². The molecule has 0 aliphatic carbocycles. The van der Waals surface area contributed by atoms with Crippen LogP contribution in [0.4, 0.5) is 0 Å². The molecular formula is C4H7N3O3S2. The monoisotopic (exact) mass is 209 g/mol.